The lowest BCUT2D eigenvalue weighted by molar-refractivity contribution is -0.122. The summed E-state index contributed by atoms with van der Waals surface area (Å²) in [4.78, 5) is 13.7. The number of rotatable bonds is 3. The van der Waals surface area contributed by atoms with Gasteiger partial charge in [0.2, 0.25) is 5.91 Å². The fourth-order valence-corrected chi connectivity index (χ4v) is 2.89. The standard InChI is InChI=1S/C15H22N2O/c1-10-5-4-6-11(2)13(10)8-17-7-12(3)14(9-17)15(16)18/h4-6,12,14H,7-9H2,1-3H3,(H2,16,18)/t12-,14-/m1/s1. The summed E-state index contributed by atoms with van der Waals surface area (Å²) in [6.45, 7) is 9.08. The quantitative estimate of drug-likeness (QED) is 0.885. The van der Waals surface area contributed by atoms with Gasteiger partial charge in [-0.3, -0.25) is 9.69 Å². The maximum Gasteiger partial charge on any atom is 0.222 e. The predicted molar refractivity (Wildman–Crippen MR) is 73.0 cm³/mol. The van der Waals surface area contributed by atoms with Crippen LogP contribution >= 0.6 is 0 Å². The zero-order valence-electron chi connectivity index (χ0n) is 11.4. The number of nitrogens with zero attached hydrogens (tertiary/aromatic N) is 1. The van der Waals surface area contributed by atoms with Crippen LogP contribution in [0, 0.1) is 25.7 Å². The van der Waals surface area contributed by atoms with E-state index in [2.05, 4.69) is 43.9 Å². The van der Waals surface area contributed by atoms with Gasteiger partial charge < -0.3 is 5.73 Å². The monoisotopic (exact) mass is 246 g/mol. The first-order valence-electron chi connectivity index (χ1n) is 6.55. The van der Waals surface area contributed by atoms with Gasteiger partial charge in [-0.15, -0.1) is 0 Å². The maximum atomic E-state index is 11.3. The van der Waals surface area contributed by atoms with Crippen molar-refractivity contribution in [3.05, 3.63) is 34.9 Å². The molecule has 0 spiro atoms. The topological polar surface area (TPSA) is 46.3 Å². The average Bonchev–Trinajstić information content (AvgIpc) is 2.65. The van der Waals surface area contributed by atoms with Gasteiger partial charge in [-0.25, -0.2) is 0 Å². The molecular formula is C15H22N2O. The number of carbonyl (C=O) groups is 1. The highest BCUT2D eigenvalue weighted by Crippen LogP contribution is 2.25. The van der Waals surface area contributed by atoms with Crippen LogP contribution in [-0.2, 0) is 11.3 Å². The van der Waals surface area contributed by atoms with Gasteiger partial charge in [-0.2, -0.15) is 0 Å². The largest absolute Gasteiger partial charge is 0.369 e. The molecule has 2 rings (SSSR count). The van der Waals surface area contributed by atoms with E-state index in [1.165, 1.54) is 16.7 Å². The molecule has 0 radical (unpaired) electrons. The number of carbonyl (C=O) groups excluding carboxylic acids is 1. The normalized spacial score (nSPS) is 24.4. The van der Waals surface area contributed by atoms with Crippen molar-refractivity contribution < 1.29 is 4.79 Å². The zero-order valence-corrected chi connectivity index (χ0v) is 11.4. The molecule has 1 heterocycles. The maximum absolute atomic E-state index is 11.3. The Morgan fingerprint density at radius 3 is 2.44 bits per heavy atom. The van der Waals surface area contributed by atoms with E-state index in [0.717, 1.165) is 19.6 Å². The molecule has 1 saturated heterocycles. The van der Waals surface area contributed by atoms with Crippen LogP contribution in [0.4, 0.5) is 0 Å². The lowest BCUT2D eigenvalue weighted by atomic mass is 9.98. The first kappa shape index (κ1) is 13.1. The average molecular weight is 246 g/mol. The molecule has 1 aromatic rings. The number of hydrogen-bond donors (Lipinski definition) is 1. The SMILES string of the molecule is Cc1cccc(C)c1CN1C[C@@H](C)[C@H](C(N)=O)C1. The zero-order chi connectivity index (χ0) is 13.3. The smallest absolute Gasteiger partial charge is 0.222 e. The van der Waals surface area contributed by atoms with Crippen molar-refractivity contribution in [3.63, 3.8) is 0 Å². The van der Waals surface area contributed by atoms with Crippen LogP contribution in [0.2, 0.25) is 0 Å². The van der Waals surface area contributed by atoms with E-state index in [0.29, 0.717) is 5.92 Å². The second-order valence-corrected chi connectivity index (χ2v) is 5.55. The molecule has 0 saturated carbocycles. The molecule has 1 aromatic carbocycles. The van der Waals surface area contributed by atoms with Crippen molar-refractivity contribution in [2.45, 2.75) is 27.3 Å². The minimum absolute atomic E-state index is 0.00863. The van der Waals surface area contributed by atoms with Gasteiger partial charge in [0.25, 0.3) is 0 Å². The molecule has 0 bridgehead atoms. The second-order valence-electron chi connectivity index (χ2n) is 5.55. The van der Waals surface area contributed by atoms with E-state index in [-0.39, 0.29) is 11.8 Å². The number of primary amides is 1. The van der Waals surface area contributed by atoms with E-state index in [1.807, 2.05) is 0 Å². The summed E-state index contributed by atoms with van der Waals surface area (Å²) < 4.78 is 0. The Morgan fingerprint density at radius 2 is 1.94 bits per heavy atom. The van der Waals surface area contributed by atoms with Gasteiger partial charge in [-0.1, -0.05) is 25.1 Å². The summed E-state index contributed by atoms with van der Waals surface area (Å²) >= 11 is 0. The van der Waals surface area contributed by atoms with Crippen LogP contribution in [0.25, 0.3) is 0 Å². The summed E-state index contributed by atoms with van der Waals surface area (Å²) in [7, 11) is 0. The minimum Gasteiger partial charge on any atom is -0.369 e. The molecule has 1 fully saturated rings. The molecule has 2 N–H and O–H groups in total. The fourth-order valence-electron chi connectivity index (χ4n) is 2.89. The number of likely N-dealkylation sites (tertiary alicyclic amines) is 1. The Kier molecular flexibility index (Phi) is 3.71. The van der Waals surface area contributed by atoms with E-state index in [9.17, 15) is 4.79 Å². The summed E-state index contributed by atoms with van der Waals surface area (Å²) in [5, 5.41) is 0. The molecule has 18 heavy (non-hydrogen) atoms. The van der Waals surface area contributed by atoms with Crippen LogP contribution in [0.5, 0.6) is 0 Å². The van der Waals surface area contributed by atoms with Gasteiger partial charge in [0, 0.05) is 19.6 Å². The lowest BCUT2D eigenvalue weighted by Gasteiger charge is -2.18. The molecular weight excluding hydrogens is 224 g/mol. The number of nitrogens with two attached hydrogens (primary N) is 1. The third-order valence-corrected chi connectivity index (χ3v) is 4.08. The van der Waals surface area contributed by atoms with Crippen molar-refractivity contribution >= 4 is 5.91 Å². The Morgan fingerprint density at radius 1 is 1.33 bits per heavy atom. The summed E-state index contributed by atoms with van der Waals surface area (Å²) in [5.41, 5.74) is 9.47. The van der Waals surface area contributed by atoms with E-state index < -0.39 is 0 Å². The van der Waals surface area contributed by atoms with Crippen LogP contribution in [0.3, 0.4) is 0 Å². The van der Waals surface area contributed by atoms with E-state index in [1.54, 1.807) is 0 Å². The first-order valence-corrected chi connectivity index (χ1v) is 6.55. The van der Waals surface area contributed by atoms with Crippen molar-refractivity contribution in [2.75, 3.05) is 13.1 Å². The molecule has 2 atom stereocenters. The molecule has 3 nitrogen and oxygen atoms in total. The molecule has 0 aliphatic carbocycles. The molecule has 0 aromatic heterocycles. The highest BCUT2D eigenvalue weighted by molar-refractivity contribution is 5.77. The fraction of sp³-hybridized carbons (Fsp3) is 0.533. The summed E-state index contributed by atoms with van der Waals surface area (Å²) in [6.07, 6.45) is 0. The molecule has 98 valence electrons. The Hall–Kier alpha value is -1.35. The van der Waals surface area contributed by atoms with Gasteiger partial charge >= 0.3 is 0 Å². The summed E-state index contributed by atoms with van der Waals surface area (Å²) in [5.74, 6) is 0.215. The number of hydrogen-bond acceptors (Lipinski definition) is 2. The number of amides is 1. The summed E-state index contributed by atoms with van der Waals surface area (Å²) in [6, 6.07) is 6.38. The van der Waals surface area contributed by atoms with Crippen LogP contribution in [0.1, 0.15) is 23.6 Å². The highest BCUT2D eigenvalue weighted by atomic mass is 16.1. The third-order valence-electron chi connectivity index (χ3n) is 4.08. The number of benzene rings is 1. The predicted octanol–water partition coefficient (Wildman–Crippen LogP) is 1.86. The van der Waals surface area contributed by atoms with Crippen molar-refractivity contribution in [2.24, 2.45) is 17.6 Å². The van der Waals surface area contributed by atoms with Gasteiger partial charge in [0.05, 0.1) is 5.92 Å². The molecule has 1 aliphatic rings. The molecule has 0 unspecified atom stereocenters. The minimum atomic E-state index is -0.161. The Balaban J connectivity index is 2.10. The molecule has 1 aliphatic heterocycles. The third kappa shape index (κ3) is 2.56. The Bertz CT molecular complexity index is 436. The van der Waals surface area contributed by atoms with Crippen LogP contribution in [-0.4, -0.2) is 23.9 Å². The first-order chi connectivity index (χ1) is 8.49. The lowest BCUT2D eigenvalue weighted by Crippen LogP contribution is -2.29. The van der Waals surface area contributed by atoms with Gasteiger partial charge in [0.1, 0.15) is 0 Å². The Labute approximate surface area is 109 Å². The van der Waals surface area contributed by atoms with Gasteiger partial charge in [-0.05, 0) is 36.5 Å². The van der Waals surface area contributed by atoms with Crippen LogP contribution in [0.15, 0.2) is 18.2 Å². The second kappa shape index (κ2) is 5.11. The molecule has 3 heteroatoms. The van der Waals surface area contributed by atoms with Crippen LogP contribution < -0.4 is 5.73 Å². The number of aryl methyl sites for hydroxylation is 2. The van der Waals surface area contributed by atoms with E-state index >= 15 is 0 Å². The van der Waals surface area contributed by atoms with Crippen molar-refractivity contribution in [1.82, 2.24) is 4.90 Å². The highest BCUT2D eigenvalue weighted by Gasteiger charge is 2.33. The van der Waals surface area contributed by atoms with E-state index in [4.69, 9.17) is 5.73 Å². The van der Waals surface area contributed by atoms with Crippen molar-refractivity contribution in [3.8, 4) is 0 Å². The molecule has 1 amide bonds. The van der Waals surface area contributed by atoms with Crippen molar-refractivity contribution in [1.29, 1.82) is 0 Å². The van der Waals surface area contributed by atoms with Gasteiger partial charge in [0.15, 0.2) is 0 Å².